The van der Waals surface area contributed by atoms with Crippen LogP contribution >= 0.6 is 15.9 Å². The Morgan fingerprint density at radius 1 is 1.39 bits per heavy atom. The highest BCUT2D eigenvalue weighted by Crippen LogP contribution is 2.35. The van der Waals surface area contributed by atoms with Crippen LogP contribution in [0.1, 0.15) is 18.9 Å². The molecule has 1 N–H and O–H groups in total. The predicted molar refractivity (Wildman–Crippen MR) is 87.9 cm³/mol. The summed E-state index contributed by atoms with van der Waals surface area (Å²) in [7, 11) is 3.11. The lowest BCUT2D eigenvalue weighted by molar-refractivity contribution is -0.159. The number of hydrazone groups is 1. The van der Waals surface area contributed by atoms with E-state index in [1.165, 1.54) is 6.21 Å². The molecular formula is C15H19BrN2O5. The zero-order valence-corrected chi connectivity index (χ0v) is 14.8. The van der Waals surface area contributed by atoms with Gasteiger partial charge >= 0.3 is 0 Å². The van der Waals surface area contributed by atoms with Gasteiger partial charge in [-0.05, 0) is 40.5 Å². The molecule has 126 valence electrons. The minimum Gasteiger partial charge on any atom is -0.493 e. The van der Waals surface area contributed by atoms with Crippen LogP contribution in [0.3, 0.4) is 0 Å². The average Bonchev–Trinajstić information content (AvgIpc) is 2.92. The molecule has 0 radical (unpaired) electrons. The van der Waals surface area contributed by atoms with Crippen molar-refractivity contribution in [3.63, 3.8) is 0 Å². The van der Waals surface area contributed by atoms with Crippen LogP contribution in [0.5, 0.6) is 11.5 Å². The lowest BCUT2D eigenvalue weighted by Crippen LogP contribution is -2.33. The predicted octanol–water partition coefficient (Wildman–Crippen LogP) is 2.07. The number of rotatable bonds is 6. The fraction of sp³-hybridized carbons (Fsp3) is 0.467. The number of benzene rings is 1. The van der Waals surface area contributed by atoms with Crippen molar-refractivity contribution in [2.75, 3.05) is 27.4 Å². The Labute approximate surface area is 143 Å². The summed E-state index contributed by atoms with van der Waals surface area (Å²) in [6, 6.07) is 3.56. The van der Waals surface area contributed by atoms with Gasteiger partial charge in [0.05, 0.1) is 44.5 Å². The van der Waals surface area contributed by atoms with Gasteiger partial charge in [0, 0.05) is 0 Å². The van der Waals surface area contributed by atoms with Gasteiger partial charge in [-0.3, -0.25) is 4.79 Å². The van der Waals surface area contributed by atoms with Crippen LogP contribution < -0.4 is 14.9 Å². The molecule has 23 heavy (non-hydrogen) atoms. The van der Waals surface area contributed by atoms with Crippen LogP contribution in [0.2, 0.25) is 0 Å². The maximum Gasteiger partial charge on any atom is 0.245 e. The third-order valence-corrected chi connectivity index (χ3v) is 3.83. The molecule has 0 saturated carbocycles. The Morgan fingerprint density at radius 2 is 2.09 bits per heavy atom. The van der Waals surface area contributed by atoms with Crippen molar-refractivity contribution in [3.05, 3.63) is 22.2 Å². The van der Waals surface area contributed by atoms with E-state index in [0.717, 1.165) is 10.0 Å². The van der Waals surface area contributed by atoms with Gasteiger partial charge in [0.15, 0.2) is 17.3 Å². The van der Waals surface area contributed by atoms with Crippen molar-refractivity contribution in [1.82, 2.24) is 5.43 Å². The van der Waals surface area contributed by atoms with Crippen LogP contribution in [0.4, 0.5) is 0 Å². The number of ether oxygens (including phenoxy) is 4. The van der Waals surface area contributed by atoms with Crippen molar-refractivity contribution in [1.29, 1.82) is 0 Å². The van der Waals surface area contributed by atoms with E-state index in [9.17, 15) is 4.79 Å². The number of hydrogen-bond acceptors (Lipinski definition) is 6. The molecule has 0 unspecified atom stereocenters. The van der Waals surface area contributed by atoms with Crippen LogP contribution in [0, 0.1) is 0 Å². The number of carbonyl (C=O) groups is 1. The minimum absolute atomic E-state index is 0.0833. The van der Waals surface area contributed by atoms with Gasteiger partial charge in [-0.1, -0.05) is 0 Å². The second-order valence-electron chi connectivity index (χ2n) is 5.04. The molecule has 8 heteroatoms. The molecule has 1 amide bonds. The Balaban J connectivity index is 1.97. The number of methoxy groups -OCH3 is 2. The summed E-state index contributed by atoms with van der Waals surface area (Å²) in [5.74, 6) is 0.00337. The highest BCUT2D eigenvalue weighted by Gasteiger charge is 2.33. The van der Waals surface area contributed by atoms with Gasteiger partial charge < -0.3 is 18.9 Å². The molecule has 0 bridgehead atoms. The monoisotopic (exact) mass is 386 g/mol. The first kappa shape index (κ1) is 17.7. The van der Waals surface area contributed by atoms with E-state index in [2.05, 4.69) is 26.5 Å². The number of nitrogens with one attached hydrogen (secondary N) is 1. The first-order valence-electron chi connectivity index (χ1n) is 6.99. The summed E-state index contributed by atoms with van der Waals surface area (Å²) in [6.45, 7) is 2.72. The third kappa shape index (κ3) is 4.66. The number of hydrogen-bond donors (Lipinski definition) is 1. The molecule has 7 nitrogen and oxygen atoms in total. The van der Waals surface area contributed by atoms with E-state index in [1.54, 1.807) is 27.2 Å². The van der Waals surface area contributed by atoms with Crippen LogP contribution in [0.25, 0.3) is 0 Å². The molecule has 2 rings (SSSR count). The first-order valence-corrected chi connectivity index (χ1v) is 7.78. The third-order valence-electron chi connectivity index (χ3n) is 3.24. The SMILES string of the molecule is COc1cc(/C=N\NC(=O)CC2(C)OCCO2)cc(Br)c1OC. The van der Waals surface area contributed by atoms with Crippen molar-refractivity contribution in [3.8, 4) is 11.5 Å². The van der Waals surface area contributed by atoms with E-state index < -0.39 is 5.79 Å². The van der Waals surface area contributed by atoms with Gasteiger partial charge in [-0.15, -0.1) is 0 Å². The summed E-state index contributed by atoms with van der Waals surface area (Å²) in [4.78, 5) is 11.8. The number of nitrogens with zero attached hydrogens (tertiary/aromatic N) is 1. The maximum atomic E-state index is 11.8. The summed E-state index contributed by atoms with van der Waals surface area (Å²) < 4.78 is 22.0. The molecule has 1 heterocycles. The van der Waals surface area contributed by atoms with Gasteiger partial charge in [0.25, 0.3) is 0 Å². The van der Waals surface area contributed by atoms with Crippen molar-refractivity contribution in [2.24, 2.45) is 5.10 Å². The van der Waals surface area contributed by atoms with Crippen molar-refractivity contribution >= 4 is 28.1 Å². The number of amides is 1. The molecule has 0 atom stereocenters. The zero-order chi connectivity index (χ0) is 16.9. The quantitative estimate of drug-likeness (QED) is 0.597. The van der Waals surface area contributed by atoms with Crippen molar-refractivity contribution < 1.29 is 23.7 Å². The topological polar surface area (TPSA) is 78.4 Å². The fourth-order valence-corrected chi connectivity index (χ4v) is 2.80. The molecule has 1 aromatic rings. The highest BCUT2D eigenvalue weighted by atomic mass is 79.9. The maximum absolute atomic E-state index is 11.8. The lowest BCUT2D eigenvalue weighted by Gasteiger charge is -2.20. The first-order chi connectivity index (χ1) is 11.0. The van der Waals surface area contributed by atoms with Crippen LogP contribution in [-0.4, -0.2) is 45.3 Å². The molecule has 0 spiro atoms. The largest absolute Gasteiger partial charge is 0.493 e. The van der Waals surface area contributed by atoms with E-state index in [0.29, 0.717) is 24.7 Å². The smallest absolute Gasteiger partial charge is 0.245 e. The minimum atomic E-state index is -0.869. The molecule has 1 fully saturated rings. The summed E-state index contributed by atoms with van der Waals surface area (Å²) in [5, 5.41) is 3.93. The molecular weight excluding hydrogens is 368 g/mol. The summed E-state index contributed by atoms with van der Waals surface area (Å²) in [6.07, 6.45) is 1.60. The molecule has 1 aliphatic heterocycles. The standard InChI is InChI=1S/C15H19BrN2O5/c1-15(22-4-5-23-15)8-13(19)18-17-9-10-6-11(16)14(21-3)12(7-10)20-2/h6-7,9H,4-5,8H2,1-3H3,(H,18,19)/b17-9-. The molecule has 1 aromatic carbocycles. The molecule has 0 aliphatic carbocycles. The van der Waals surface area contributed by atoms with Crippen LogP contribution in [0.15, 0.2) is 21.7 Å². The van der Waals surface area contributed by atoms with Crippen molar-refractivity contribution in [2.45, 2.75) is 19.1 Å². The molecule has 0 aromatic heterocycles. The van der Waals surface area contributed by atoms with Gasteiger partial charge in [-0.25, -0.2) is 5.43 Å². The van der Waals surface area contributed by atoms with E-state index >= 15 is 0 Å². The lowest BCUT2D eigenvalue weighted by atomic mass is 10.2. The molecule has 1 saturated heterocycles. The van der Waals surface area contributed by atoms with E-state index in [1.807, 2.05) is 6.07 Å². The zero-order valence-electron chi connectivity index (χ0n) is 13.2. The number of carbonyl (C=O) groups excluding carboxylic acids is 1. The Kier molecular flexibility index (Phi) is 5.97. The highest BCUT2D eigenvalue weighted by molar-refractivity contribution is 9.10. The average molecular weight is 387 g/mol. The van der Waals surface area contributed by atoms with Gasteiger partial charge in [-0.2, -0.15) is 5.10 Å². The second-order valence-corrected chi connectivity index (χ2v) is 5.89. The van der Waals surface area contributed by atoms with Crippen LogP contribution in [-0.2, 0) is 14.3 Å². The van der Waals surface area contributed by atoms with Gasteiger partial charge in [0.1, 0.15) is 0 Å². The second kappa shape index (κ2) is 7.76. The number of halogens is 1. The van der Waals surface area contributed by atoms with Gasteiger partial charge in [0.2, 0.25) is 5.91 Å². The summed E-state index contributed by atoms with van der Waals surface area (Å²) >= 11 is 3.40. The Hall–Kier alpha value is -1.64. The Morgan fingerprint density at radius 3 is 2.70 bits per heavy atom. The van der Waals surface area contributed by atoms with E-state index in [4.69, 9.17) is 18.9 Å². The normalized spacial score (nSPS) is 16.5. The Bertz CT molecular complexity index is 600. The molecule has 1 aliphatic rings. The summed E-state index contributed by atoms with van der Waals surface area (Å²) in [5.41, 5.74) is 3.20. The van der Waals surface area contributed by atoms with E-state index in [-0.39, 0.29) is 12.3 Å². The fourth-order valence-electron chi connectivity index (χ4n) is 2.18.